The minimum atomic E-state index is 0.378. The number of benzene rings is 2. The summed E-state index contributed by atoms with van der Waals surface area (Å²) in [7, 11) is 0. The van der Waals surface area contributed by atoms with E-state index in [0.717, 1.165) is 27.4 Å². The highest BCUT2D eigenvalue weighted by atomic mass is 15.3. The monoisotopic (exact) mass is 259 g/mol. The number of aromatic amines is 2. The van der Waals surface area contributed by atoms with Gasteiger partial charge in [-0.2, -0.15) is 5.26 Å². The Balaban J connectivity index is 2.17. The van der Waals surface area contributed by atoms with Gasteiger partial charge in [-0.25, -0.2) is 5.10 Å². The summed E-state index contributed by atoms with van der Waals surface area (Å²) < 4.78 is 0. The number of fused-ring (bicyclic) bond motifs is 3. The first kappa shape index (κ1) is 10.8. The molecular formula is C15H9N5. The molecule has 4 rings (SSSR count). The van der Waals surface area contributed by atoms with Crippen molar-refractivity contribution in [3.8, 4) is 17.3 Å². The second kappa shape index (κ2) is 3.93. The number of nitrogens with zero attached hydrogens (tertiary/aromatic N) is 3. The predicted molar refractivity (Wildman–Crippen MR) is 75.9 cm³/mol. The van der Waals surface area contributed by atoms with Crippen molar-refractivity contribution in [1.29, 1.82) is 5.26 Å². The minimum absolute atomic E-state index is 0.378. The van der Waals surface area contributed by atoms with E-state index >= 15 is 0 Å². The van der Waals surface area contributed by atoms with Crippen LogP contribution in [0.25, 0.3) is 33.1 Å². The zero-order valence-corrected chi connectivity index (χ0v) is 10.4. The van der Waals surface area contributed by atoms with Gasteiger partial charge in [0, 0.05) is 27.4 Å². The van der Waals surface area contributed by atoms with Crippen LogP contribution < -0.4 is 0 Å². The molecule has 2 heterocycles. The fraction of sp³-hybridized carbons (Fsp3) is 0. The first-order valence-corrected chi connectivity index (χ1v) is 6.19. The number of hydrogen-bond acceptors (Lipinski definition) is 3. The van der Waals surface area contributed by atoms with Crippen LogP contribution in [0.2, 0.25) is 0 Å². The summed E-state index contributed by atoms with van der Waals surface area (Å²) in [6.45, 7) is 0. The molecule has 4 aromatic rings. The van der Waals surface area contributed by atoms with E-state index < -0.39 is 0 Å². The van der Waals surface area contributed by atoms with Crippen LogP contribution >= 0.6 is 0 Å². The Morgan fingerprint density at radius 3 is 2.75 bits per heavy atom. The van der Waals surface area contributed by atoms with Gasteiger partial charge < -0.3 is 4.98 Å². The second-order valence-electron chi connectivity index (χ2n) is 4.55. The molecule has 2 N–H and O–H groups in total. The van der Waals surface area contributed by atoms with E-state index in [4.69, 9.17) is 5.26 Å². The van der Waals surface area contributed by atoms with Gasteiger partial charge in [-0.15, -0.1) is 5.10 Å². The molecule has 0 unspecified atom stereocenters. The first-order valence-electron chi connectivity index (χ1n) is 6.19. The van der Waals surface area contributed by atoms with Gasteiger partial charge in [0.25, 0.3) is 0 Å². The minimum Gasteiger partial charge on any atom is -0.354 e. The summed E-state index contributed by atoms with van der Waals surface area (Å²) >= 11 is 0. The average molecular weight is 259 g/mol. The molecule has 0 bridgehead atoms. The van der Waals surface area contributed by atoms with Crippen molar-refractivity contribution in [2.45, 2.75) is 0 Å². The third-order valence-electron chi connectivity index (χ3n) is 3.45. The number of para-hydroxylation sites is 1. The molecule has 0 aliphatic heterocycles. The highest BCUT2D eigenvalue weighted by molar-refractivity contribution is 6.14. The van der Waals surface area contributed by atoms with E-state index in [-0.39, 0.29) is 0 Å². The molecule has 0 fully saturated rings. The van der Waals surface area contributed by atoms with Crippen LogP contribution in [0.5, 0.6) is 0 Å². The lowest BCUT2D eigenvalue weighted by atomic mass is 10.0. The van der Waals surface area contributed by atoms with Crippen molar-refractivity contribution in [1.82, 2.24) is 20.4 Å². The standard InChI is InChI=1S/C15H9N5/c16-8-13-15(19-20-18-13)10-5-3-7-12-14(10)9-4-1-2-6-11(9)17-12/h1-7,17H,(H,18,19,20). The van der Waals surface area contributed by atoms with Gasteiger partial charge in [-0.1, -0.05) is 35.5 Å². The summed E-state index contributed by atoms with van der Waals surface area (Å²) in [5.41, 5.74) is 3.96. The molecule has 0 aliphatic rings. The average Bonchev–Trinajstić information content (AvgIpc) is 3.10. The summed E-state index contributed by atoms with van der Waals surface area (Å²) in [5.74, 6) is 0. The second-order valence-corrected chi connectivity index (χ2v) is 4.55. The molecule has 0 aliphatic carbocycles. The zero-order chi connectivity index (χ0) is 13.5. The molecule has 0 saturated heterocycles. The number of H-pyrrole nitrogens is 2. The van der Waals surface area contributed by atoms with E-state index in [1.54, 1.807) is 0 Å². The van der Waals surface area contributed by atoms with Gasteiger partial charge in [0.05, 0.1) is 0 Å². The van der Waals surface area contributed by atoms with E-state index in [9.17, 15) is 0 Å². The quantitative estimate of drug-likeness (QED) is 0.551. The van der Waals surface area contributed by atoms with E-state index in [1.807, 2.05) is 36.4 Å². The van der Waals surface area contributed by atoms with Crippen molar-refractivity contribution in [2.24, 2.45) is 0 Å². The van der Waals surface area contributed by atoms with Crippen LogP contribution in [0.3, 0.4) is 0 Å². The molecule has 0 spiro atoms. The van der Waals surface area contributed by atoms with Crippen LogP contribution in [-0.2, 0) is 0 Å². The Bertz CT molecular complexity index is 971. The lowest BCUT2D eigenvalue weighted by Crippen LogP contribution is -1.84. The number of hydrogen-bond donors (Lipinski definition) is 2. The highest BCUT2D eigenvalue weighted by Gasteiger charge is 2.15. The molecule has 20 heavy (non-hydrogen) atoms. The zero-order valence-electron chi connectivity index (χ0n) is 10.4. The highest BCUT2D eigenvalue weighted by Crippen LogP contribution is 2.34. The lowest BCUT2D eigenvalue weighted by molar-refractivity contribution is 0.937. The fourth-order valence-electron chi connectivity index (χ4n) is 2.59. The topological polar surface area (TPSA) is 81.2 Å². The van der Waals surface area contributed by atoms with Crippen molar-refractivity contribution in [2.75, 3.05) is 0 Å². The Hall–Kier alpha value is -3.13. The molecule has 2 aromatic carbocycles. The number of rotatable bonds is 1. The van der Waals surface area contributed by atoms with Crippen LogP contribution in [0.15, 0.2) is 42.5 Å². The normalized spacial score (nSPS) is 10.9. The molecule has 94 valence electrons. The van der Waals surface area contributed by atoms with E-state index in [0.29, 0.717) is 11.4 Å². The van der Waals surface area contributed by atoms with Crippen molar-refractivity contribution in [3.05, 3.63) is 48.2 Å². The van der Waals surface area contributed by atoms with Crippen molar-refractivity contribution in [3.63, 3.8) is 0 Å². The summed E-state index contributed by atoms with van der Waals surface area (Å²) in [6.07, 6.45) is 0. The molecule has 2 aromatic heterocycles. The van der Waals surface area contributed by atoms with Gasteiger partial charge in [0.1, 0.15) is 11.8 Å². The number of nitriles is 1. The lowest BCUT2D eigenvalue weighted by Gasteiger charge is -2.00. The van der Waals surface area contributed by atoms with Crippen LogP contribution in [0, 0.1) is 11.3 Å². The van der Waals surface area contributed by atoms with Gasteiger partial charge in [-0.05, 0) is 12.1 Å². The van der Waals surface area contributed by atoms with E-state index in [1.165, 1.54) is 0 Å². The Labute approximate surface area is 113 Å². The number of nitrogens with one attached hydrogen (secondary N) is 2. The van der Waals surface area contributed by atoms with Gasteiger partial charge in [0.15, 0.2) is 5.69 Å². The molecule has 0 saturated carbocycles. The molecule has 5 nitrogen and oxygen atoms in total. The smallest absolute Gasteiger partial charge is 0.163 e. The SMILES string of the molecule is N#Cc1[nH]nnc1-c1cccc2[nH]c3ccccc3c12. The Morgan fingerprint density at radius 1 is 1.00 bits per heavy atom. The van der Waals surface area contributed by atoms with Crippen LogP contribution in [0.4, 0.5) is 0 Å². The Morgan fingerprint density at radius 2 is 1.85 bits per heavy atom. The van der Waals surface area contributed by atoms with Gasteiger partial charge in [-0.3, -0.25) is 0 Å². The maximum absolute atomic E-state index is 9.14. The van der Waals surface area contributed by atoms with Gasteiger partial charge >= 0.3 is 0 Å². The summed E-state index contributed by atoms with van der Waals surface area (Å²) in [4.78, 5) is 3.38. The third-order valence-corrected chi connectivity index (χ3v) is 3.45. The molecule has 5 heteroatoms. The molecule has 0 radical (unpaired) electrons. The molecule has 0 amide bonds. The number of aromatic nitrogens is 4. The predicted octanol–water partition coefficient (Wildman–Crippen LogP) is 2.98. The van der Waals surface area contributed by atoms with Crippen LogP contribution in [0.1, 0.15) is 5.69 Å². The largest absolute Gasteiger partial charge is 0.354 e. The molecular weight excluding hydrogens is 250 g/mol. The van der Waals surface area contributed by atoms with Gasteiger partial charge in [0.2, 0.25) is 0 Å². The van der Waals surface area contributed by atoms with Crippen molar-refractivity contribution < 1.29 is 0 Å². The maximum atomic E-state index is 9.14. The third kappa shape index (κ3) is 1.36. The van der Waals surface area contributed by atoms with E-state index in [2.05, 4.69) is 32.5 Å². The molecule has 0 atom stereocenters. The Kier molecular flexibility index (Phi) is 2.12. The summed E-state index contributed by atoms with van der Waals surface area (Å²) in [5, 5.41) is 21.7. The van der Waals surface area contributed by atoms with Crippen LogP contribution in [-0.4, -0.2) is 20.4 Å². The van der Waals surface area contributed by atoms with Crippen molar-refractivity contribution >= 4 is 21.8 Å². The fourth-order valence-corrected chi connectivity index (χ4v) is 2.59. The summed E-state index contributed by atoms with van der Waals surface area (Å²) in [6, 6.07) is 16.1. The maximum Gasteiger partial charge on any atom is 0.163 e. The first-order chi connectivity index (χ1) is 9.88.